The van der Waals surface area contributed by atoms with E-state index in [9.17, 15) is 4.79 Å². The minimum Gasteiger partial charge on any atom is -0.497 e. The highest BCUT2D eigenvalue weighted by Gasteiger charge is 2.17. The summed E-state index contributed by atoms with van der Waals surface area (Å²) >= 11 is 0. The van der Waals surface area contributed by atoms with Crippen LogP contribution in [-0.2, 0) is 4.79 Å². The number of benzene rings is 2. The van der Waals surface area contributed by atoms with Gasteiger partial charge in [-0.2, -0.15) is 0 Å². The summed E-state index contributed by atoms with van der Waals surface area (Å²) in [5, 5.41) is 6.39. The van der Waals surface area contributed by atoms with Crippen molar-refractivity contribution < 1.29 is 14.3 Å². The van der Waals surface area contributed by atoms with Crippen molar-refractivity contribution in [1.82, 2.24) is 10.2 Å². The lowest BCUT2D eigenvalue weighted by Crippen LogP contribution is -2.37. The lowest BCUT2D eigenvalue weighted by Gasteiger charge is -2.27. The van der Waals surface area contributed by atoms with Gasteiger partial charge in [0.15, 0.2) is 0 Å². The average molecular weight is 386 g/mol. The summed E-state index contributed by atoms with van der Waals surface area (Å²) in [7, 11) is 7.29. The van der Waals surface area contributed by atoms with Crippen LogP contribution in [0.15, 0.2) is 48.5 Å². The molecule has 2 N–H and O–H groups in total. The zero-order valence-corrected chi connectivity index (χ0v) is 17.4. The Hall–Kier alpha value is -2.57. The summed E-state index contributed by atoms with van der Waals surface area (Å²) < 4.78 is 10.5. The molecule has 2 aromatic carbocycles. The molecule has 2 unspecified atom stereocenters. The number of hydrogen-bond donors (Lipinski definition) is 2. The minimum absolute atomic E-state index is 0.0303. The largest absolute Gasteiger partial charge is 0.497 e. The summed E-state index contributed by atoms with van der Waals surface area (Å²) in [6, 6.07) is 16.0. The number of methoxy groups -OCH3 is 2. The predicted molar refractivity (Wildman–Crippen MR) is 113 cm³/mol. The molecule has 152 valence electrons. The molecule has 0 aliphatic rings. The van der Waals surface area contributed by atoms with Crippen LogP contribution in [-0.4, -0.2) is 51.7 Å². The third kappa shape index (κ3) is 6.25. The van der Waals surface area contributed by atoms with Crippen molar-refractivity contribution in [2.45, 2.75) is 25.4 Å². The van der Waals surface area contributed by atoms with E-state index >= 15 is 0 Å². The maximum atomic E-state index is 12.5. The van der Waals surface area contributed by atoms with Gasteiger partial charge in [0.25, 0.3) is 0 Å². The van der Waals surface area contributed by atoms with Gasteiger partial charge in [0.1, 0.15) is 11.5 Å². The van der Waals surface area contributed by atoms with Crippen molar-refractivity contribution in [1.29, 1.82) is 0 Å². The molecule has 0 saturated carbocycles. The highest BCUT2D eigenvalue weighted by atomic mass is 16.5. The first-order chi connectivity index (χ1) is 13.4. The SMILES string of the molecule is COc1ccc(OC)c(NC(=O)CC(C)NCC(c2ccccc2)N(C)C)c1. The van der Waals surface area contributed by atoms with Crippen LogP contribution in [0.25, 0.3) is 0 Å². The van der Waals surface area contributed by atoms with Gasteiger partial charge in [-0.25, -0.2) is 0 Å². The van der Waals surface area contributed by atoms with Gasteiger partial charge in [-0.15, -0.1) is 0 Å². The molecule has 0 bridgehead atoms. The van der Waals surface area contributed by atoms with E-state index in [1.54, 1.807) is 32.4 Å². The quantitative estimate of drug-likeness (QED) is 0.657. The van der Waals surface area contributed by atoms with Gasteiger partial charge in [0.05, 0.1) is 19.9 Å². The third-order valence-electron chi connectivity index (χ3n) is 4.64. The number of likely N-dealkylation sites (N-methyl/N-ethyl adjacent to an activating group) is 1. The lowest BCUT2D eigenvalue weighted by atomic mass is 10.1. The second kappa shape index (κ2) is 10.7. The van der Waals surface area contributed by atoms with Gasteiger partial charge in [-0.05, 0) is 38.7 Å². The maximum Gasteiger partial charge on any atom is 0.226 e. The van der Waals surface area contributed by atoms with Gasteiger partial charge in [-0.1, -0.05) is 30.3 Å². The second-order valence-electron chi connectivity index (χ2n) is 7.02. The molecule has 6 nitrogen and oxygen atoms in total. The van der Waals surface area contributed by atoms with Gasteiger partial charge in [0.2, 0.25) is 5.91 Å². The molecule has 0 saturated heterocycles. The van der Waals surface area contributed by atoms with Crippen molar-refractivity contribution in [2.75, 3.05) is 40.2 Å². The fourth-order valence-corrected chi connectivity index (χ4v) is 3.05. The molecule has 28 heavy (non-hydrogen) atoms. The zero-order chi connectivity index (χ0) is 20.5. The molecule has 0 aliphatic carbocycles. The highest BCUT2D eigenvalue weighted by molar-refractivity contribution is 5.92. The molecule has 1 amide bonds. The van der Waals surface area contributed by atoms with Crippen LogP contribution < -0.4 is 20.1 Å². The number of carbonyl (C=O) groups excluding carboxylic acids is 1. The Morgan fingerprint density at radius 2 is 1.79 bits per heavy atom. The van der Waals surface area contributed by atoms with Crippen LogP contribution in [0.4, 0.5) is 5.69 Å². The van der Waals surface area contributed by atoms with Crippen LogP contribution in [0.5, 0.6) is 11.5 Å². The molecule has 2 atom stereocenters. The van der Waals surface area contributed by atoms with Crippen molar-refractivity contribution in [3.05, 3.63) is 54.1 Å². The summed E-state index contributed by atoms with van der Waals surface area (Å²) in [4.78, 5) is 14.7. The number of ether oxygens (including phenoxy) is 2. The van der Waals surface area contributed by atoms with Crippen LogP contribution >= 0.6 is 0 Å². The fourth-order valence-electron chi connectivity index (χ4n) is 3.05. The molecule has 2 aromatic rings. The zero-order valence-electron chi connectivity index (χ0n) is 17.4. The molecular weight excluding hydrogens is 354 g/mol. The number of carbonyl (C=O) groups is 1. The third-order valence-corrected chi connectivity index (χ3v) is 4.64. The van der Waals surface area contributed by atoms with E-state index in [1.807, 2.05) is 25.1 Å². The Bertz CT molecular complexity index is 750. The Morgan fingerprint density at radius 1 is 1.07 bits per heavy atom. The predicted octanol–water partition coefficient (Wildman–Crippen LogP) is 3.31. The molecule has 0 heterocycles. The van der Waals surface area contributed by atoms with E-state index in [2.05, 4.69) is 41.8 Å². The summed E-state index contributed by atoms with van der Waals surface area (Å²) in [6.07, 6.45) is 0.356. The molecule has 6 heteroatoms. The first-order valence-electron chi connectivity index (χ1n) is 9.41. The molecule has 0 spiro atoms. The Morgan fingerprint density at radius 3 is 2.39 bits per heavy atom. The number of rotatable bonds is 10. The van der Waals surface area contributed by atoms with Crippen molar-refractivity contribution in [2.24, 2.45) is 0 Å². The Kier molecular flexibility index (Phi) is 8.29. The van der Waals surface area contributed by atoms with Crippen LogP contribution in [0.2, 0.25) is 0 Å². The van der Waals surface area contributed by atoms with E-state index in [0.29, 0.717) is 23.6 Å². The molecule has 0 aliphatic heterocycles. The number of hydrogen-bond acceptors (Lipinski definition) is 5. The first kappa shape index (κ1) is 21.7. The van der Waals surface area contributed by atoms with E-state index in [4.69, 9.17) is 9.47 Å². The van der Waals surface area contributed by atoms with E-state index in [-0.39, 0.29) is 18.0 Å². The maximum absolute atomic E-state index is 12.5. The molecule has 2 rings (SSSR count). The van der Waals surface area contributed by atoms with Crippen molar-refractivity contribution in [3.63, 3.8) is 0 Å². The Labute approximate surface area is 167 Å². The van der Waals surface area contributed by atoms with Gasteiger partial charge < -0.3 is 25.0 Å². The molecular formula is C22H31N3O3. The Balaban J connectivity index is 1.92. The van der Waals surface area contributed by atoms with Crippen LogP contribution in [0.1, 0.15) is 24.9 Å². The number of nitrogens with zero attached hydrogens (tertiary/aromatic N) is 1. The standard InChI is InChI=1S/C22H31N3O3/c1-16(23-15-20(25(2)3)17-9-7-6-8-10-17)13-22(26)24-19-14-18(27-4)11-12-21(19)28-5/h6-12,14,16,20,23H,13,15H2,1-5H3,(H,24,26). The summed E-state index contributed by atoms with van der Waals surface area (Å²) in [5.41, 5.74) is 1.85. The van der Waals surface area contributed by atoms with Gasteiger partial charge in [0, 0.05) is 31.1 Å². The smallest absolute Gasteiger partial charge is 0.226 e. The topological polar surface area (TPSA) is 62.8 Å². The molecule has 0 radical (unpaired) electrons. The average Bonchev–Trinajstić information content (AvgIpc) is 2.68. The van der Waals surface area contributed by atoms with Gasteiger partial charge >= 0.3 is 0 Å². The highest BCUT2D eigenvalue weighted by Crippen LogP contribution is 2.29. The molecule has 0 fully saturated rings. The van der Waals surface area contributed by atoms with Crippen LogP contribution in [0.3, 0.4) is 0 Å². The summed E-state index contributed by atoms with van der Waals surface area (Å²) in [5.74, 6) is 1.19. The summed E-state index contributed by atoms with van der Waals surface area (Å²) in [6.45, 7) is 2.77. The monoisotopic (exact) mass is 385 g/mol. The van der Waals surface area contributed by atoms with E-state index in [0.717, 1.165) is 6.54 Å². The number of anilines is 1. The minimum atomic E-state index is -0.0762. The lowest BCUT2D eigenvalue weighted by molar-refractivity contribution is -0.116. The normalized spacial score (nSPS) is 13.1. The van der Waals surface area contributed by atoms with Gasteiger partial charge in [-0.3, -0.25) is 4.79 Å². The van der Waals surface area contributed by atoms with E-state index < -0.39 is 0 Å². The second-order valence-corrected chi connectivity index (χ2v) is 7.02. The number of nitrogens with one attached hydrogen (secondary N) is 2. The molecule has 0 aromatic heterocycles. The van der Waals surface area contributed by atoms with Crippen molar-refractivity contribution in [3.8, 4) is 11.5 Å². The fraction of sp³-hybridized carbons (Fsp3) is 0.409. The number of amides is 1. The van der Waals surface area contributed by atoms with Crippen LogP contribution in [0, 0.1) is 0 Å². The van der Waals surface area contributed by atoms with Crippen molar-refractivity contribution >= 4 is 11.6 Å². The first-order valence-corrected chi connectivity index (χ1v) is 9.41. The van der Waals surface area contributed by atoms with E-state index in [1.165, 1.54) is 5.56 Å².